The molecule has 22 aromatic rings. The summed E-state index contributed by atoms with van der Waals surface area (Å²) in [5, 5.41) is 6.62. The molecule has 0 atom stereocenters. The topological polar surface area (TPSA) is 87.7 Å². The molecule has 0 saturated heterocycles. The van der Waals surface area contributed by atoms with Crippen LogP contribution < -0.4 is 0 Å². The van der Waals surface area contributed by atoms with Crippen LogP contribution in [-0.4, -0.2) is 29.1 Å². The summed E-state index contributed by atoms with van der Waals surface area (Å²) in [6.45, 7) is 0. The molecule has 22 rings (SSSR count). The molecule has 0 unspecified atom stereocenters. The number of fused-ring (bicyclic) bond motifs is 10. The lowest BCUT2D eigenvalue weighted by Gasteiger charge is -2.12. The molecule has 116 heavy (non-hydrogen) atoms. The predicted molar refractivity (Wildman–Crippen MR) is 478 cm³/mol. The van der Waals surface area contributed by atoms with E-state index in [9.17, 15) is 0 Å². The van der Waals surface area contributed by atoms with Crippen LogP contribution in [0.15, 0.2) is 433 Å². The number of hydrogen-bond acceptors (Lipinski definition) is 6. The van der Waals surface area contributed by atoms with Crippen LogP contribution in [0.1, 0.15) is 0 Å². The van der Waals surface area contributed by atoms with Crippen molar-refractivity contribution < 1.29 is 8.83 Å². The molecular weight excluding hydrogens is 1410 g/mol. The van der Waals surface area contributed by atoms with E-state index in [2.05, 4.69) is 385 Å². The first-order valence-corrected chi connectivity index (χ1v) is 39.1. The van der Waals surface area contributed by atoms with E-state index in [4.69, 9.17) is 28.8 Å². The maximum atomic E-state index is 7.02. The maximum Gasteiger partial charge on any atom is 0.160 e. The summed E-state index contributed by atoms with van der Waals surface area (Å²) in [6.07, 6.45) is 0. The molecule has 6 heterocycles. The van der Waals surface area contributed by atoms with Crippen LogP contribution in [0.4, 0.5) is 0 Å². The van der Waals surface area contributed by atoms with Gasteiger partial charge < -0.3 is 18.0 Å². The molecule has 0 amide bonds. The highest BCUT2D eigenvalue weighted by molar-refractivity contribution is 6.24. The molecule has 6 aromatic heterocycles. The lowest BCUT2D eigenvalue weighted by molar-refractivity contribution is 0.635. The zero-order valence-electron chi connectivity index (χ0n) is 62.9. The molecule has 8 nitrogen and oxygen atoms in total. The van der Waals surface area contributed by atoms with Crippen molar-refractivity contribution >= 4 is 65.6 Å². The fraction of sp³-hybridized carbons (Fsp3) is 0. The molecule has 0 aliphatic heterocycles. The highest BCUT2D eigenvalue weighted by Crippen LogP contribution is 2.49. The Morgan fingerprint density at radius 1 is 0.181 bits per heavy atom. The van der Waals surface area contributed by atoms with E-state index in [0.717, 1.165) is 178 Å². The molecule has 0 N–H and O–H groups in total. The minimum absolute atomic E-state index is 0.666. The number of hydrogen-bond donors (Lipinski definition) is 0. The molecule has 0 bridgehead atoms. The van der Waals surface area contributed by atoms with Crippen LogP contribution in [0, 0.1) is 0 Å². The first-order valence-electron chi connectivity index (χ1n) is 39.1. The van der Waals surface area contributed by atoms with Gasteiger partial charge in [-0.15, -0.1) is 0 Å². The van der Waals surface area contributed by atoms with Crippen LogP contribution >= 0.6 is 0 Å². The van der Waals surface area contributed by atoms with Crippen molar-refractivity contribution in [3.8, 4) is 146 Å². The van der Waals surface area contributed by atoms with Crippen molar-refractivity contribution in [3.63, 3.8) is 0 Å². The summed E-state index contributed by atoms with van der Waals surface area (Å²) in [4.78, 5) is 20.7. The fourth-order valence-electron chi connectivity index (χ4n) is 16.6. The van der Waals surface area contributed by atoms with Gasteiger partial charge >= 0.3 is 0 Å². The lowest BCUT2D eigenvalue weighted by Crippen LogP contribution is -1.98. The Hall–Kier alpha value is -15.6. The van der Waals surface area contributed by atoms with Gasteiger partial charge in [0.2, 0.25) is 0 Å². The molecule has 16 aromatic carbocycles. The van der Waals surface area contributed by atoms with Crippen molar-refractivity contribution in [1.29, 1.82) is 0 Å². The fourth-order valence-corrected chi connectivity index (χ4v) is 16.6. The van der Waals surface area contributed by atoms with Crippen molar-refractivity contribution in [1.82, 2.24) is 29.1 Å². The number of nitrogens with zero attached hydrogens (tertiary/aromatic N) is 6. The van der Waals surface area contributed by atoms with Gasteiger partial charge in [-0.25, -0.2) is 19.9 Å². The van der Waals surface area contributed by atoms with Gasteiger partial charge in [0.05, 0.1) is 55.6 Å². The molecule has 544 valence electrons. The van der Waals surface area contributed by atoms with Gasteiger partial charge in [-0.05, 0) is 106 Å². The summed E-state index contributed by atoms with van der Waals surface area (Å²) in [7, 11) is 0. The molecule has 0 aliphatic rings. The van der Waals surface area contributed by atoms with Crippen molar-refractivity contribution in [2.24, 2.45) is 0 Å². The Balaban J connectivity index is 0.000000145. The molecule has 0 saturated carbocycles. The second-order valence-electron chi connectivity index (χ2n) is 29.1. The third-order valence-electron chi connectivity index (χ3n) is 22.1. The van der Waals surface area contributed by atoms with E-state index in [-0.39, 0.29) is 0 Å². The third kappa shape index (κ3) is 12.6. The molecule has 0 spiro atoms. The number of benzene rings is 16. The highest BCUT2D eigenvalue weighted by atomic mass is 16.3. The van der Waals surface area contributed by atoms with Crippen LogP contribution in [0.25, 0.3) is 212 Å². The lowest BCUT2D eigenvalue weighted by atomic mass is 9.98. The second kappa shape index (κ2) is 29.6. The monoisotopic (exact) mass is 1480 g/mol. The molecule has 0 radical (unpaired) electrons. The minimum Gasteiger partial charge on any atom is -0.455 e. The minimum atomic E-state index is 0.666. The summed E-state index contributed by atoms with van der Waals surface area (Å²) in [5.74, 6) is 3.09. The largest absolute Gasteiger partial charge is 0.455 e. The van der Waals surface area contributed by atoms with Gasteiger partial charge in [-0.1, -0.05) is 352 Å². The molecule has 0 aliphatic carbocycles. The van der Waals surface area contributed by atoms with Crippen LogP contribution in [0.5, 0.6) is 0 Å². The van der Waals surface area contributed by atoms with Gasteiger partial charge in [0.1, 0.15) is 22.7 Å². The van der Waals surface area contributed by atoms with Gasteiger partial charge in [0, 0.05) is 88.6 Å². The first-order chi connectivity index (χ1) is 57.5. The van der Waals surface area contributed by atoms with Crippen LogP contribution in [-0.2, 0) is 0 Å². The molecule has 0 fully saturated rings. The smallest absolute Gasteiger partial charge is 0.160 e. The Bertz CT molecular complexity index is 6930. The second-order valence-corrected chi connectivity index (χ2v) is 29.1. The molecule has 8 heteroatoms. The maximum absolute atomic E-state index is 7.02. The summed E-state index contributed by atoms with van der Waals surface area (Å²) in [5.41, 5.74) is 28.9. The Morgan fingerprint density at radius 3 is 0.871 bits per heavy atom. The van der Waals surface area contributed by atoms with E-state index in [1.54, 1.807) is 0 Å². The van der Waals surface area contributed by atoms with E-state index in [0.29, 0.717) is 11.6 Å². The van der Waals surface area contributed by atoms with Gasteiger partial charge in [0.15, 0.2) is 11.6 Å². The molecular formula is C108H70N6O2. The SMILES string of the molecule is c1ccc(-c2ccc(-c3cc(-c4cccc(-n5c6ccccc6c6c7oc(-c8ccccc8)c(-c8ccccc8)c7ccc65)c4)nc(-c4ccccc4)n3)cc2)cc1.c1ccc(-c2ccc(-c3cc(-c4ccccc4)nc(-c4cccc(-n5c6ccccc6c6c7oc(-c8ccccc8)c(-c8ccccc8)c7ccc65)c4)n3)cc2)cc1. The zero-order chi connectivity index (χ0) is 76.8. The van der Waals surface area contributed by atoms with Crippen LogP contribution in [0.2, 0.25) is 0 Å². The van der Waals surface area contributed by atoms with Crippen molar-refractivity contribution in [3.05, 3.63) is 425 Å². The summed E-state index contributed by atoms with van der Waals surface area (Å²) >= 11 is 0. The van der Waals surface area contributed by atoms with E-state index < -0.39 is 0 Å². The van der Waals surface area contributed by atoms with Crippen molar-refractivity contribution in [2.45, 2.75) is 0 Å². The number of para-hydroxylation sites is 2. The summed E-state index contributed by atoms with van der Waals surface area (Å²) in [6, 6.07) is 148. The Kier molecular flexibility index (Phi) is 17.4. The van der Waals surface area contributed by atoms with Gasteiger partial charge in [-0.2, -0.15) is 0 Å². The standard InChI is InChI=1S/2C54H35N3O/c1-5-16-36(17-6-1)37-28-30-38(31-29-37)46-35-47(56-54(55-46)41-22-11-4-12-23-41)42-24-15-25-43(34-42)57-48-27-14-13-26-44(48)51-49(57)33-32-45-50(39-18-7-2-8-19-39)52(58-53(45)51)40-20-9-3-10-21-40;1-5-16-36(17-6-1)37-28-30-39(31-29-37)47-35-46(38-18-7-2-8-19-38)55-54(56-47)42-24-15-25-43(34-42)57-48-27-14-13-26-44(48)51-49(57)33-32-45-50(40-20-9-3-10-21-40)52(58-53(45)51)41-22-11-4-12-23-41/h2*1-35H. The Labute approximate surface area is 670 Å². The average Bonchev–Trinajstić information content (AvgIpc) is 1.56. The van der Waals surface area contributed by atoms with Crippen LogP contribution in [0.3, 0.4) is 0 Å². The van der Waals surface area contributed by atoms with E-state index in [1.807, 2.05) is 48.5 Å². The average molecular weight is 1480 g/mol. The normalized spacial score (nSPS) is 11.4. The van der Waals surface area contributed by atoms with Gasteiger partial charge in [-0.3, -0.25) is 0 Å². The third-order valence-corrected chi connectivity index (χ3v) is 22.1. The number of rotatable bonds is 14. The van der Waals surface area contributed by atoms with Crippen molar-refractivity contribution in [2.75, 3.05) is 0 Å². The quantitative estimate of drug-likeness (QED) is 0.108. The van der Waals surface area contributed by atoms with E-state index >= 15 is 0 Å². The number of aromatic nitrogens is 6. The number of furan rings is 2. The van der Waals surface area contributed by atoms with Gasteiger partial charge in [0.25, 0.3) is 0 Å². The van der Waals surface area contributed by atoms with E-state index in [1.165, 1.54) is 22.3 Å². The summed E-state index contributed by atoms with van der Waals surface area (Å²) < 4.78 is 18.7. The Morgan fingerprint density at radius 2 is 0.466 bits per heavy atom. The predicted octanol–water partition coefficient (Wildman–Crippen LogP) is 28.6. The zero-order valence-corrected chi connectivity index (χ0v) is 62.9. The first kappa shape index (κ1) is 68.4. The highest BCUT2D eigenvalue weighted by Gasteiger charge is 2.27.